The van der Waals surface area contributed by atoms with E-state index in [4.69, 9.17) is 17.0 Å². The van der Waals surface area contributed by atoms with Crippen LogP contribution >= 0.6 is 12.2 Å². The normalized spacial score (nSPS) is 10.5. The number of thiocarbonyl (C=S) groups is 1. The lowest BCUT2D eigenvalue weighted by Crippen LogP contribution is -2.23. The number of rotatable bonds is 5. The quantitative estimate of drug-likeness (QED) is 0.222. The number of carbonyl (C=O) groups is 1. The highest BCUT2D eigenvalue weighted by atomic mass is 32.1. The van der Waals surface area contributed by atoms with E-state index >= 15 is 0 Å². The van der Waals surface area contributed by atoms with Crippen LogP contribution in [-0.2, 0) is 0 Å². The van der Waals surface area contributed by atoms with Crippen LogP contribution < -0.4 is 15.5 Å². The van der Waals surface area contributed by atoms with E-state index in [1.165, 1.54) is 24.3 Å². The number of para-hydroxylation sites is 1. The molecule has 0 radical (unpaired) electrons. The molecule has 3 rings (SSSR count). The highest BCUT2D eigenvalue weighted by Crippen LogP contribution is 2.14. The van der Waals surface area contributed by atoms with Gasteiger partial charge in [-0.15, -0.1) is 0 Å². The largest absolute Gasteiger partial charge is 0.423 e. The van der Waals surface area contributed by atoms with Crippen LogP contribution in [-0.4, -0.2) is 17.3 Å². The monoisotopic (exact) mass is 393 g/mol. The Morgan fingerprint density at radius 1 is 0.964 bits per heavy atom. The van der Waals surface area contributed by atoms with Crippen molar-refractivity contribution in [1.29, 1.82) is 0 Å². The summed E-state index contributed by atoms with van der Waals surface area (Å²) in [4.78, 5) is 12.0. The fourth-order valence-corrected chi connectivity index (χ4v) is 2.39. The van der Waals surface area contributed by atoms with Gasteiger partial charge in [0.1, 0.15) is 11.6 Å². The van der Waals surface area contributed by atoms with E-state index in [-0.39, 0.29) is 5.56 Å². The predicted octanol–water partition coefficient (Wildman–Crippen LogP) is 4.37. The molecule has 3 aromatic carbocycles. The fourth-order valence-electron chi connectivity index (χ4n) is 2.22. The molecule has 0 aromatic heterocycles. The van der Waals surface area contributed by atoms with Crippen molar-refractivity contribution in [2.75, 3.05) is 5.32 Å². The summed E-state index contributed by atoms with van der Waals surface area (Å²) in [5.41, 5.74) is 4.65. The van der Waals surface area contributed by atoms with Gasteiger partial charge in [0, 0.05) is 5.69 Å². The summed E-state index contributed by atoms with van der Waals surface area (Å²) in [6.07, 6.45) is 1.59. The maximum atomic E-state index is 12.9. The number of ether oxygens (including phenoxy) is 1. The first-order valence-corrected chi connectivity index (χ1v) is 8.74. The number of hydrogen-bond acceptors (Lipinski definition) is 4. The predicted molar refractivity (Wildman–Crippen MR) is 111 cm³/mol. The molecule has 0 saturated carbocycles. The molecule has 3 aromatic rings. The minimum Gasteiger partial charge on any atom is -0.423 e. The maximum absolute atomic E-state index is 12.9. The van der Waals surface area contributed by atoms with Gasteiger partial charge in [-0.05, 0) is 78.4 Å². The van der Waals surface area contributed by atoms with E-state index in [1.54, 1.807) is 30.5 Å². The Bertz CT molecular complexity index is 975. The van der Waals surface area contributed by atoms with Crippen LogP contribution in [0.2, 0.25) is 0 Å². The number of esters is 1. The third-order valence-corrected chi connectivity index (χ3v) is 3.78. The average molecular weight is 393 g/mol. The minimum absolute atomic E-state index is 0.274. The highest BCUT2D eigenvalue weighted by molar-refractivity contribution is 7.80. The van der Waals surface area contributed by atoms with Crippen molar-refractivity contribution in [3.05, 3.63) is 95.8 Å². The molecule has 0 amide bonds. The molecule has 0 aliphatic rings. The van der Waals surface area contributed by atoms with Crippen molar-refractivity contribution < 1.29 is 13.9 Å². The van der Waals surface area contributed by atoms with Crippen LogP contribution in [0.25, 0.3) is 0 Å². The molecule has 0 atom stereocenters. The first-order chi connectivity index (χ1) is 13.6. The summed E-state index contributed by atoms with van der Waals surface area (Å²) in [5.74, 6) is -0.589. The summed E-state index contributed by atoms with van der Waals surface area (Å²) < 4.78 is 18.2. The second kappa shape index (κ2) is 9.38. The number of benzene rings is 3. The van der Waals surface area contributed by atoms with E-state index in [0.717, 1.165) is 11.3 Å². The molecule has 0 unspecified atom stereocenters. The van der Waals surface area contributed by atoms with Gasteiger partial charge in [-0.1, -0.05) is 18.2 Å². The topological polar surface area (TPSA) is 62.7 Å². The third kappa shape index (κ3) is 5.72. The van der Waals surface area contributed by atoms with Crippen molar-refractivity contribution in [3.63, 3.8) is 0 Å². The molecule has 0 bridgehead atoms. The second-order valence-corrected chi connectivity index (χ2v) is 6.06. The lowest BCUT2D eigenvalue weighted by atomic mass is 10.2. The zero-order valence-electron chi connectivity index (χ0n) is 14.6. The van der Waals surface area contributed by atoms with Crippen LogP contribution in [0.5, 0.6) is 5.75 Å². The molecule has 0 heterocycles. The van der Waals surface area contributed by atoms with Crippen LogP contribution in [0, 0.1) is 5.82 Å². The van der Waals surface area contributed by atoms with Crippen molar-refractivity contribution in [3.8, 4) is 5.75 Å². The summed E-state index contributed by atoms with van der Waals surface area (Å²) in [6, 6.07) is 21.4. The lowest BCUT2D eigenvalue weighted by molar-refractivity contribution is 0.0734. The van der Waals surface area contributed by atoms with Gasteiger partial charge in [-0.2, -0.15) is 5.10 Å². The van der Waals surface area contributed by atoms with E-state index in [1.807, 2.05) is 30.3 Å². The van der Waals surface area contributed by atoms with Crippen LogP contribution in [0.3, 0.4) is 0 Å². The molecular formula is C21H16FN3O2S. The Hall–Kier alpha value is -3.58. The molecule has 0 fully saturated rings. The van der Waals surface area contributed by atoms with Crippen molar-refractivity contribution in [2.45, 2.75) is 0 Å². The van der Waals surface area contributed by atoms with Crippen LogP contribution in [0.15, 0.2) is 84.0 Å². The van der Waals surface area contributed by atoms with Gasteiger partial charge in [-0.3, -0.25) is 5.43 Å². The first-order valence-electron chi connectivity index (χ1n) is 8.33. The molecule has 140 valence electrons. The van der Waals surface area contributed by atoms with E-state index < -0.39 is 11.8 Å². The molecule has 0 aliphatic heterocycles. The van der Waals surface area contributed by atoms with E-state index in [0.29, 0.717) is 10.9 Å². The molecule has 2 N–H and O–H groups in total. The summed E-state index contributed by atoms with van der Waals surface area (Å²) in [6.45, 7) is 0. The third-order valence-electron chi connectivity index (χ3n) is 3.58. The highest BCUT2D eigenvalue weighted by Gasteiger charge is 2.08. The molecule has 0 spiro atoms. The molecular weight excluding hydrogens is 377 g/mol. The standard InChI is InChI=1S/C21H16FN3O2S/c22-17-10-8-16(9-11-17)20(26)27-19-12-6-15(7-13-19)14-23-25-21(28)24-18-4-2-1-3-5-18/h1-14H,(H2,24,25,28)/b23-14+. The number of halogens is 1. The zero-order chi connectivity index (χ0) is 19.8. The molecule has 28 heavy (non-hydrogen) atoms. The Morgan fingerprint density at radius 3 is 2.32 bits per heavy atom. The van der Waals surface area contributed by atoms with Crippen LogP contribution in [0.4, 0.5) is 10.1 Å². The average Bonchev–Trinajstić information content (AvgIpc) is 2.70. The SMILES string of the molecule is O=C(Oc1ccc(/C=N/NC(=S)Nc2ccccc2)cc1)c1ccc(F)cc1. The van der Waals surface area contributed by atoms with E-state index in [2.05, 4.69) is 15.8 Å². The number of carbonyl (C=O) groups excluding carboxylic acids is 1. The second-order valence-electron chi connectivity index (χ2n) is 5.66. The first kappa shape index (κ1) is 19.2. The summed E-state index contributed by atoms with van der Waals surface area (Å²) in [5, 5.41) is 7.43. The zero-order valence-corrected chi connectivity index (χ0v) is 15.4. The number of hydrogen-bond donors (Lipinski definition) is 2. The number of hydrazone groups is 1. The van der Waals surface area contributed by atoms with Gasteiger partial charge >= 0.3 is 5.97 Å². The lowest BCUT2D eigenvalue weighted by Gasteiger charge is -2.06. The summed E-state index contributed by atoms with van der Waals surface area (Å²) in [7, 11) is 0. The minimum atomic E-state index is -0.555. The summed E-state index contributed by atoms with van der Waals surface area (Å²) >= 11 is 5.16. The van der Waals surface area contributed by atoms with E-state index in [9.17, 15) is 9.18 Å². The van der Waals surface area contributed by atoms with Gasteiger partial charge in [0.25, 0.3) is 0 Å². The molecule has 0 aliphatic carbocycles. The molecule has 0 saturated heterocycles. The number of anilines is 1. The van der Waals surface area contributed by atoms with Crippen molar-refractivity contribution in [1.82, 2.24) is 5.43 Å². The Labute approximate surface area is 166 Å². The molecule has 7 heteroatoms. The Kier molecular flexibility index (Phi) is 6.43. The fraction of sp³-hybridized carbons (Fsp3) is 0. The van der Waals surface area contributed by atoms with Crippen molar-refractivity contribution in [2.24, 2.45) is 5.10 Å². The van der Waals surface area contributed by atoms with Gasteiger partial charge in [0.05, 0.1) is 11.8 Å². The Balaban J connectivity index is 1.51. The number of nitrogens with one attached hydrogen (secondary N) is 2. The van der Waals surface area contributed by atoms with Gasteiger partial charge < -0.3 is 10.1 Å². The number of nitrogens with zero attached hydrogens (tertiary/aromatic N) is 1. The van der Waals surface area contributed by atoms with Gasteiger partial charge in [0.15, 0.2) is 5.11 Å². The van der Waals surface area contributed by atoms with Gasteiger partial charge in [0.2, 0.25) is 0 Å². The van der Waals surface area contributed by atoms with Gasteiger partial charge in [-0.25, -0.2) is 9.18 Å². The smallest absolute Gasteiger partial charge is 0.343 e. The Morgan fingerprint density at radius 2 is 1.64 bits per heavy atom. The maximum Gasteiger partial charge on any atom is 0.343 e. The van der Waals surface area contributed by atoms with Crippen molar-refractivity contribution >= 4 is 35.2 Å². The van der Waals surface area contributed by atoms with Crippen LogP contribution in [0.1, 0.15) is 15.9 Å². The molecule has 5 nitrogen and oxygen atoms in total.